The Labute approximate surface area is 228 Å². The van der Waals surface area contributed by atoms with E-state index in [2.05, 4.69) is 10.0 Å². The maximum Gasteiger partial charge on any atom is 0.242 e. The first kappa shape index (κ1) is 29.3. The normalized spacial score (nSPS) is 12.1. The number of carbonyl (C=O) groups excluding carboxylic acids is 2. The molecule has 3 rings (SSSR count). The molecule has 0 aliphatic carbocycles. The fourth-order valence-electron chi connectivity index (χ4n) is 3.81. The Kier molecular flexibility index (Phi) is 10.4. The average Bonchev–Trinajstić information content (AvgIpc) is 2.90. The molecule has 0 unspecified atom stereocenters. The monoisotopic (exact) mass is 559 g/mol. The van der Waals surface area contributed by atoms with Crippen LogP contribution in [0, 0.1) is 5.82 Å². The van der Waals surface area contributed by atoms with E-state index in [1.165, 1.54) is 29.2 Å². The number of halogens is 2. The van der Waals surface area contributed by atoms with Gasteiger partial charge in [-0.25, -0.2) is 17.5 Å². The van der Waals surface area contributed by atoms with E-state index in [9.17, 15) is 22.4 Å². The Morgan fingerprint density at radius 2 is 1.50 bits per heavy atom. The number of nitrogens with zero attached hydrogens (tertiary/aromatic N) is 1. The van der Waals surface area contributed by atoms with Crippen molar-refractivity contribution in [3.63, 3.8) is 0 Å². The molecule has 0 fully saturated rings. The van der Waals surface area contributed by atoms with Gasteiger partial charge in [0.05, 0.1) is 4.90 Å². The number of hydrogen-bond acceptors (Lipinski definition) is 4. The van der Waals surface area contributed by atoms with Crippen molar-refractivity contribution in [3.05, 3.63) is 100 Å². The van der Waals surface area contributed by atoms with Crippen molar-refractivity contribution in [2.24, 2.45) is 0 Å². The first-order chi connectivity index (χ1) is 18.1. The molecule has 2 N–H and O–H groups in total. The van der Waals surface area contributed by atoms with Crippen molar-refractivity contribution < 1.29 is 22.4 Å². The molecule has 0 saturated heterocycles. The zero-order valence-electron chi connectivity index (χ0n) is 21.3. The Bertz CT molecular complexity index is 1330. The first-order valence-electron chi connectivity index (χ1n) is 12.2. The highest BCUT2D eigenvalue weighted by atomic mass is 35.5. The number of benzene rings is 3. The summed E-state index contributed by atoms with van der Waals surface area (Å²) >= 11 is 5.92. The van der Waals surface area contributed by atoms with Crippen LogP contribution in [-0.4, -0.2) is 37.7 Å². The van der Waals surface area contributed by atoms with E-state index in [1.54, 1.807) is 50.2 Å². The van der Waals surface area contributed by atoms with Gasteiger partial charge in [-0.3, -0.25) is 9.59 Å². The number of hydrogen-bond donors (Lipinski definition) is 2. The van der Waals surface area contributed by atoms with Crippen LogP contribution in [0.3, 0.4) is 0 Å². The van der Waals surface area contributed by atoms with Gasteiger partial charge in [0.15, 0.2) is 0 Å². The van der Waals surface area contributed by atoms with E-state index >= 15 is 0 Å². The maximum atomic E-state index is 13.4. The van der Waals surface area contributed by atoms with Crippen LogP contribution in [0.15, 0.2) is 77.7 Å². The van der Waals surface area contributed by atoms with Crippen molar-refractivity contribution in [2.75, 3.05) is 6.54 Å². The van der Waals surface area contributed by atoms with Crippen LogP contribution < -0.4 is 10.0 Å². The third kappa shape index (κ3) is 8.37. The van der Waals surface area contributed by atoms with Gasteiger partial charge in [-0.1, -0.05) is 54.9 Å². The second-order valence-electron chi connectivity index (χ2n) is 8.81. The number of aryl methyl sites for hydroxylation is 1. The highest BCUT2D eigenvalue weighted by Gasteiger charge is 2.26. The van der Waals surface area contributed by atoms with Gasteiger partial charge in [0, 0.05) is 31.1 Å². The molecule has 38 heavy (non-hydrogen) atoms. The molecule has 0 radical (unpaired) electrons. The molecule has 0 heterocycles. The molecule has 0 saturated carbocycles. The lowest BCUT2D eigenvalue weighted by atomic mass is 10.1. The van der Waals surface area contributed by atoms with Gasteiger partial charge in [0.1, 0.15) is 11.9 Å². The van der Waals surface area contributed by atoms with Gasteiger partial charge in [-0.2, -0.15) is 0 Å². The fraction of sp³-hybridized carbons (Fsp3) is 0.286. The van der Waals surface area contributed by atoms with E-state index in [1.807, 2.05) is 12.1 Å². The molecular weight excluding hydrogens is 529 g/mol. The first-order valence-corrected chi connectivity index (χ1v) is 14.1. The van der Waals surface area contributed by atoms with Crippen LogP contribution in [0.25, 0.3) is 0 Å². The van der Waals surface area contributed by atoms with Crippen LogP contribution >= 0.6 is 11.6 Å². The van der Waals surface area contributed by atoms with Crippen LogP contribution in [0.2, 0.25) is 5.02 Å². The van der Waals surface area contributed by atoms with Gasteiger partial charge < -0.3 is 10.2 Å². The van der Waals surface area contributed by atoms with Gasteiger partial charge in [0.25, 0.3) is 0 Å². The van der Waals surface area contributed by atoms with Gasteiger partial charge in [0.2, 0.25) is 21.8 Å². The number of amides is 2. The van der Waals surface area contributed by atoms with Gasteiger partial charge >= 0.3 is 0 Å². The predicted molar refractivity (Wildman–Crippen MR) is 145 cm³/mol. The number of sulfonamides is 1. The summed E-state index contributed by atoms with van der Waals surface area (Å²) < 4.78 is 40.2. The van der Waals surface area contributed by atoms with Crippen LogP contribution in [0.1, 0.15) is 37.0 Å². The summed E-state index contributed by atoms with van der Waals surface area (Å²) in [5.41, 5.74) is 2.34. The van der Waals surface area contributed by atoms with Crippen LogP contribution in [-0.2, 0) is 39.1 Å². The molecule has 0 bridgehead atoms. The molecule has 10 heteroatoms. The SMILES string of the molecule is CCNS(=O)(=O)c1ccc(CCC(=O)N(Cc2ccc(F)cc2)[C@H](C)C(=O)NCc2ccc(Cl)cc2)cc1. The molecule has 202 valence electrons. The molecule has 3 aromatic carbocycles. The minimum absolute atomic E-state index is 0.106. The van der Waals surface area contributed by atoms with Crippen molar-refractivity contribution >= 4 is 33.4 Å². The van der Waals surface area contributed by atoms with Gasteiger partial charge in [-0.05, 0) is 66.4 Å². The van der Waals surface area contributed by atoms with Gasteiger partial charge in [-0.15, -0.1) is 0 Å². The summed E-state index contributed by atoms with van der Waals surface area (Å²) in [6, 6.07) is 18.4. The lowest BCUT2D eigenvalue weighted by molar-refractivity contribution is -0.140. The zero-order valence-corrected chi connectivity index (χ0v) is 22.9. The van der Waals surface area contributed by atoms with Crippen molar-refractivity contribution in [3.8, 4) is 0 Å². The Balaban J connectivity index is 1.69. The third-order valence-corrected chi connectivity index (χ3v) is 7.82. The summed E-state index contributed by atoms with van der Waals surface area (Å²) in [5.74, 6) is -0.971. The van der Waals surface area contributed by atoms with E-state index in [0.717, 1.165) is 11.1 Å². The fourth-order valence-corrected chi connectivity index (χ4v) is 4.98. The zero-order chi connectivity index (χ0) is 27.7. The predicted octanol–water partition coefficient (Wildman–Crippen LogP) is 4.44. The number of nitrogens with one attached hydrogen (secondary N) is 2. The second-order valence-corrected chi connectivity index (χ2v) is 11.0. The number of rotatable bonds is 12. The lowest BCUT2D eigenvalue weighted by Crippen LogP contribution is -2.47. The topological polar surface area (TPSA) is 95.6 Å². The highest BCUT2D eigenvalue weighted by molar-refractivity contribution is 7.89. The third-order valence-electron chi connectivity index (χ3n) is 6.01. The quantitative estimate of drug-likeness (QED) is 0.343. The van der Waals surface area contributed by atoms with E-state index < -0.39 is 16.1 Å². The minimum Gasteiger partial charge on any atom is -0.350 e. The van der Waals surface area contributed by atoms with E-state index in [0.29, 0.717) is 17.0 Å². The summed E-state index contributed by atoms with van der Waals surface area (Å²) in [5, 5.41) is 3.45. The molecule has 1 atom stereocenters. The Hall–Kier alpha value is -3.27. The smallest absolute Gasteiger partial charge is 0.242 e. The largest absolute Gasteiger partial charge is 0.350 e. The van der Waals surface area contributed by atoms with Crippen LogP contribution in [0.4, 0.5) is 4.39 Å². The minimum atomic E-state index is -3.56. The molecule has 0 aliphatic heterocycles. The molecular formula is C28H31ClFN3O4S. The second kappa shape index (κ2) is 13.5. The molecule has 2 amide bonds. The highest BCUT2D eigenvalue weighted by Crippen LogP contribution is 2.16. The molecule has 0 spiro atoms. The lowest BCUT2D eigenvalue weighted by Gasteiger charge is -2.29. The Morgan fingerprint density at radius 1 is 0.921 bits per heavy atom. The molecule has 0 aromatic heterocycles. The maximum absolute atomic E-state index is 13.4. The average molecular weight is 560 g/mol. The van der Waals surface area contributed by atoms with Crippen LogP contribution in [0.5, 0.6) is 0 Å². The van der Waals surface area contributed by atoms with Crippen molar-refractivity contribution in [1.29, 1.82) is 0 Å². The molecule has 3 aromatic rings. The Morgan fingerprint density at radius 3 is 2.11 bits per heavy atom. The standard InChI is InChI=1S/C28H31ClFN3O4S/c1-3-32-38(36,37)26-15-8-21(9-16-26)10-17-27(34)33(19-23-6-13-25(30)14-7-23)20(2)28(35)31-18-22-4-11-24(29)12-5-22/h4-9,11-16,20,32H,3,10,17-19H2,1-2H3,(H,31,35)/t20-/m1/s1. The summed E-state index contributed by atoms with van der Waals surface area (Å²) in [6.45, 7) is 4.05. The van der Waals surface area contributed by atoms with Crippen molar-refractivity contribution in [1.82, 2.24) is 14.9 Å². The molecule has 7 nitrogen and oxygen atoms in total. The summed E-state index contributed by atoms with van der Waals surface area (Å²) in [6.07, 6.45) is 0.467. The number of carbonyl (C=O) groups is 2. The molecule has 0 aliphatic rings. The summed E-state index contributed by atoms with van der Waals surface area (Å²) in [4.78, 5) is 27.9. The van der Waals surface area contributed by atoms with E-state index in [-0.39, 0.29) is 48.6 Å². The summed E-state index contributed by atoms with van der Waals surface area (Å²) in [7, 11) is -3.56. The van der Waals surface area contributed by atoms with E-state index in [4.69, 9.17) is 11.6 Å². The van der Waals surface area contributed by atoms with Crippen molar-refractivity contribution in [2.45, 2.75) is 50.7 Å².